The van der Waals surface area contributed by atoms with Gasteiger partial charge in [-0.1, -0.05) is 36.4 Å². The molecule has 1 unspecified atom stereocenters. The number of hydrogen-bond acceptors (Lipinski definition) is 6. The molecule has 1 fully saturated rings. The minimum absolute atomic E-state index is 0.0843. The first-order valence-electron chi connectivity index (χ1n) is 12.7. The number of benzene rings is 3. The summed E-state index contributed by atoms with van der Waals surface area (Å²) in [5, 5.41) is 0.871. The second kappa shape index (κ2) is 10.3. The maximum atomic E-state index is 13.6. The largest absolute Gasteiger partial charge is 0.467 e. The number of anilines is 1. The zero-order valence-corrected chi connectivity index (χ0v) is 22.1. The van der Waals surface area contributed by atoms with E-state index in [0.29, 0.717) is 11.4 Å². The summed E-state index contributed by atoms with van der Waals surface area (Å²) in [6, 6.07) is 25.3. The van der Waals surface area contributed by atoms with Crippen molar-refractivity contribution in [2.45, 2.75) is 32.4 Å². The Hall–Kier alpha value is -4.56. The molecule has 7 nitrogen and oxygen atoms in total. The first kappa shape index (κ1) is 24.8. The number of hydrogen-bond donors (Lipinski definition) is 0. The number of carbonyl (C=O) groups excluding carboxylic acids is 3. The number of rotatable bonds is 7. The SMILES string of the molecule is Cc1ccc2nc(-c3ccc(N4C(=O)CC(N(Cc5ccco5)C(=O)Cc5ccccc5)C4=O)cc3)sc2c1. The molecule has 3 heterocycles. The Morgan fingerprint density at radius 3 is 2.56 bits per heavy atom. The van der Waals surface area contributed by atoms with Gasteiger partial charge in [-0.05, 0) is 66.6 Å². The molecule has 1 aliphatic heterocycles. The van der Waals surface area contributed by atoms with E-state index in [4.69, 9.17) is 9.40 Å². The minimum atomic E-state index is -0.911. The quantitative estimate of drug-likeness (QED) is 0.247. The van der Waals surface area contributed by atoms with Crippen LogP contribution in [0.2, 0.25) is 0 Å². The van der Waals surface area contributed by atoms with Gasteiger partial charge in [-0.25, -0.2) is 9.88 Å². The van der Waals surface area contributed by atoms with Crippen molar-refractivity contribution >= 4 is 45.0 Å². The molecule has 194 valence electrons. The number of carbonyl (C=O) groups is 3. The molecular weight excluding hydrogens is 510 g/mol. The van der Waals surface area contributed by atoms with E-state index >= 15 is 0 Å². The van der Waals surface area contributed by atoms with Crippen LogP contribution in [0.15, 0.2) is 95.6 Å². The number of thiazole rings is 1. The third-order valence-electron chi connectivity index (χ3n) is 6.84. The van der Waals surface area contributed by atoms with E-state index in [2.05, 4.69) is 13.0 Å². The van der Waals surface area contributed by atoms with Gasteiger partial charge in [0.1, 0.15) is 16.8 Å². The minimum Gasteiger partial charge on any atom is -0.467 e. The molecule has 5 aromatic rings. The lowest BCUT2D eigenvalue weighted by atomic mass is 10.1. The van der Waals surface area contributed by atoms with Gasteiger partial charge >= 0.3 is 0 Å². The zero-order chi connectivity index (χ0) is 26.9. The summed E-state index contributed by atoms with van der Waals surface area (Å²) in [5.41, 5.74) is 4.33. The maximum Gasteiger partial charge on any atom is 0.257 e. The standard InChI is InChI=1S/C31H25N3O4S/c1-20-9-14-25-27(16-20)39-30(32-25)22-10-12-23(13-11-22)34-29(36)18-26(31(34)37)33(19-24-8-5-15-38-24)28(35)17-21-6-3-2-4-7-21/h2-16,26H,17-19H2,1H3. The molecular formula is C31H25N3O4S. The van der Waals surface area contributed by atoms with Gasteiger partial charge in [-0.3, -0.25) is 14.4 Å². The average molecular weight is 536 g/mol. The maximum absolute atomic E-state index is 13.6. The average Bonchev–Trinajstić information content (AvgIpc) is 3.67. The summed E-state index contributed by atoms with van der Waals surface area (Å²) in [7, 11) is 0. The van der Waals surface area contributed by atoms with Crippen LogP contribution in [-0.4, -0.2) is 33.6 Å². The van der Waals surface area contributed by atoms with Gasteiger partial charge in [0.2, 0.25) is 11.8 Å². The van der Waals surface area contributed by atoms with E-state index in [1.807, 2.05) is 54.6 Å². The summed E-state index contributed by atoms with van der Waals surface area (Å²) in [6.45, 7) is 2.15. The molecule has 1 aliphatic rings. The molecule has 0 N–H and O–H groups in total. The van der Waals surface area contributed by atoms with Crippen molar-refractivity contribution in [1.82, 2.24) is 9.88 Å². The Morgan fingerprint density at radius 1 is 1.03 bits per heavy atom. The predicted octanol–water partition coefficient (Wildman–Crippen LogP) is 5.77. The third kappa shape index (κ3) is 4.98. The molecule has 39 heavy (non-hydrogen) atoms. The lowest BCUT2D eigenvalue weighted by Crippen LogP contribution is -2.45. The topological polar surface area (TPSA) is 83.7 Å². The number of fused-ring (bicyclic) bond motifs is 1. The van der Waals surface area contributed by atoms with Crippen molar-refractivity contribution in [2.24, 2.45) is 0 Å². The molecule has 1 atom stereocenters. The number of aromatic nitrogens is 1. The van der Waals surface area contributed by atoms with Crippen LogP contribution in [0.4, 0.5) is 5.69 Å². The van der Waals surface area contributed by atoms with E-state index in [9.17, 15) is 14.4 Å². The Morgan fingerprint density at radius 2 is 1.82 bits per heavy atom. The predicted molar refractivity (Wildman–Crippen MR) is 150 cm³/mol. The van der Waals surface area contributed by atoms with Crippen LogP contribution in [0.1, 0.15) is 23.3 Å². The molecule has 3 amide bonds. The summed E-state index contributed by atoms with van der Waals surface area (Å²) in [6.07, 6.45) is 1.56. The molecule has 0 aliphatic carbocycles. The van der Waals surface area contributed by atoms with E-state index in [1.165, 1.54) is 21.6 Å². The Kier molecular flexibility index (Phi) is 6.54. The van der Waals surface area contributed by atoms with Crippen molar-refractivity contribution in [2.75, 3.05) is 4.90 Å². The van der Waals surface area contributed by atoms with Gasteiger partial charge in [0, 0.05) is 5.56 Å². The van der Waals surface area contributed by atoms with Gasteiger partial charge in [0.15, 0.2) is 0 Å². The van der Waals surface area contributed by atoms with Crippen molar-refractivity contribution in [3.63, 3.8) is 0 Å². The molecule has 3 aromatic carbocycles. The van der Waals surface area contributed by atoms with Crippen molar-refractivity contribution in [3.05, 3.63) is 108 Å². The summed E-state index contributed by atoms with van der Waals surface area (Å²) in [4.78, 5) is 47.5. The fraction of sp³-hybridized carbons (Fsp3) is 0.161. The highest BCUT2D eigenvalue weighted by Gasteiger charge is 2.44. The Balaban J connectivity index is 1.25. The van der Waals surface area contributed by atoms with E-state index in [1.54, 1.807) is 35.6 Å². The van der Waals surface area contributed by atoms with E-state index in [0.717, 1.165) is 26.4 Å². The van der Waals surface area contributed by atoms with Crippen LogP contribution in [0.25, 0.3) is 20.8 Å². The van der Waals surface area contributed by atoms with Crippen LogP contribution >= 0.6 is 11.3 Å². The highest BCUT2D eigenvalue weighted by molar-refractivity contribution is 7.21. The van der Waals surface area contributed by atoms with Gasteiger partial charge in [0.05, 0.1) is 41.6 Å². The Labute approximate surface area is 229 Å². The summed E-state index contributed by atoms with van der Waals surface area (Å²) in [5.74, 6) is -0.459. The number of nitrogens with zero attached hydrogens (tertiary/aromatic N) is 3. The monoisotopic (exact) mass is 535 g/mol. The molecule has 2 aromatic heterocycles. The van der Waals surface area contributed by atoms with Crippen molar-refractivity contribution in [3.8, 4) is 10.6 Å². The summed E-state index contributed by atoms with van der Waals surface area (Å²) >= 11 is 1.60. The second-order valence-electron chi connectivity index (χ2n) is 9.59. The molecule has 0 bridgehead atoms. The number of furan rings is 1. The second-order valence-corrected chi connectivity index (χ2v) is 10.6. The molecule has 8 heteroatoms. The smallest absolute Gasteiger partial charge is 0.257 e. The van der Waals surface area contributed by atoms with E-state index < -0.39 is 11.9 Å². The van der Waals surface area contributed by atoms with Gasteiger partial charge in [-0.2, -0.15) is 0 Å². The Bertz CT molecular complexity index is 1660. The first-order valence-corrected chi connectivity index (χ1v) is 13.5. The molecule has 0 spiro atoms. The van der Waals surface area contributed by atoms with Crippen LogP contribution < -0.4 is 4.90 Å². The van der Waals surface area contributed by atoms with Crippen molar-refractivity contribution in [1.29, 1.82) is 0 Å². The van der Waals surface area contributed by atoms with Gasteiger partial charge < -0.3 is 9.32 Å². The molecule has 1 saturated heterocycles. The zero-order valence-electron chi connectivity index (χ0n) is 21.2. The van der Waals surface area contributed by atoms with Gasteiger partial charge in [-0.15, -0.1) is 11.3 Å². The molecule has 0 saturated carbocycles. The van der Waals surface area contributed by atoms with Crippen LogP contribution in [0.5, 0.6) is 0 Å². The van der Waals surface area contributed by atoms with Crippen LogP contribution in [0.3, 0.4) is 0 Å². The number of amides is 3. The first-order chi connectivity index (χ1) is 19.0. The lowest BCUT2D eigenvalue weighted by molar-refractivity contribution is -0.138. The normalized spacial score (nSPS) is 15.3. The molecule has 6 rings (SSSR count). The number of aryl methyl sites for hydroxylation is 1. The van der Waals surface area contributed by atoms with Crippen LogP contribution in [-0.2, 0) is 27.3 Å². The van der Waals surface area contributed by atoms with Gasteiger partial charge in [0.25, 0.3) is 5.91 Å². The fourth-order valence-corrected chi connectivity index (χ4v) is 5.92. The van der Waals surface area contributed by atoms with Crippen LogP contribution in [0, 0.1) is 6.92 Å². The van der Waals surface area contributed by atoms with Crippen molar-refractivity contribution < 1.29 is 18.8 Å². The molecule has 0 radical (unpaired) electrons. The highest BCUT2D eigenvalue weighted by atomic mass is 32.1. The number of imide groups is 1. The van der Waals surface area contributed by atoms with E-state index in [-0.39, 0.29) is 31.2 Å². The lowest BCUT2D eigenvalue weighted by Gasteiger charge is -2.27. The summed E-state index contributed by atoms with van der Waals surface area (Å²) < 4.78 is 6.58. The highest BCUT2D eigenvalue weighted by Crippen LogP contribution is 2.33. The third-order valence-corrected chi connectivity index (χ3v) is 7.91. The fourth-order valence-electron chi connectivity index (χ4n) is 4.85.